The van der Waals surface area contributed by atoms with Gasteiger partial charge in [0.2, 0.25) is 0 Å². The number of hydrogen-bond acceptors (Lipinski definition) is 1. The zero-order valence-electron chi connectivity index (χ0n) is 11.6. The van der Waals surface area contributed by atoms with Crippen LogP contribution in [0.3, 0.4) is 0 Å². The van der Waals surface area contributed by atoms with Crippen LogP contribution in [0.25, 0.3) is 0 Å². The third-order valence-corrected chi connectivity index (χ3v) is 3.93. The van der Waals surface area contributed by atoms with Crippen LogP contribution in [0.15, 0.2) is 12.1 Å². The lowest BCUT2D eigenvalue weighted by molar-refractivity contribution is 0.479. The smallest absolute Gasteiger partial charge is 0.0351 e. The van der Waals surface area contributed by atoms with Gasteiger partial charge in [0.1, 0.15) is 0 Å². The van der Waals surface area contributed by atoms with Gasteiger partial charge in [0.05, 0.1) is 0 Å². The van der Waals surface area contributed by atoms with Gasteiger partial charge < -0.3 is 5.32 Å². The van der Waals surface area contributed by atoms with Gasteiger partial charge in [-0.15, -0.1) is 0 Å². The summed E-state index contributed by atoms with van der Waals surface area (Å²) in [7, 11) is 0. The van der Waals surface area contributed by atoms with Crippen molar-refractivity contribution < 1.29 is 0 Å². The van der Waals surface area contributed by atoms with Crippen LogP contribution in [0, 0.1) is 26.7 Å². The van der Waals surface area contributed by atoms with Gasteiger partial charge in [0.25, 0.3) is 0 Å². The minimum atomic E-state index is 0.592. The Bertz CT molecular complexity index is 391. The van der Waals surface area contributed by atoms with Gasteiger partial charge in [-0.25, -0.2) is 0 Å². The fraction of sp³-hybridized carbons (Fsp3) is 0.625. The first-order valence-electron chi connectivity index (χ1n) is 6.94. The fourth-order valence-electron chi connectivity index (χ4n) is 2.58. The maximum absolute atomic E-state index is 3.74. The summed E-state index contributed by atoms with van der Waals surface area (Å²) in [5.41, 5.74) is 5.82. The Morgan fingerprint density at radius 1 is 1.12 bits per heavy atom. The fourth-order valence-corrected chi connectivity index (χ4v) is 2.58. The molecule has 0 saturated heterocycles. The Morgan fingerprint density at radius 3 is 2.35 bits per heavy atom. The maximum atomic E-state index is 3.74. The standard InChI is InChI=1S/C16H25N/c1-5-8-17-16(14-6-7-14)15-10-12(3)11(2)9-13(15)4/h9-10,14,16-17H,5-8H2,1-4H3. The molecule has 1 aromatic rings. The first-order valence-corrected chi connectivity index (χ1v) is 6.94. The molecule has 2 rings (SSSR count). The van der Waals surface area contributed by atoms with Crippen molar-refractivity contribution in [2.24, 2.45) is 5.92 Å². The molecule has 1 fully saturated rings. The Morgan fingerprint density at radius 2 is 1.76 bits per heavy atom. The summed E-state index contributed by atoms with van der Waals surface area (Å²) < 4.78 is 0. The minimum absolute atomic E-state index is 0.592. The second-order valence-corrected chi connectivity index (χ2v) is 5.56. The first-order chi connectivity index (χ1) is 8.13. The second-order valence-electron chi connectivity index (χ2n) is 5.56. The van der Waals surface area contributed by atoms with Crippen molar-refractivity contribution in [2.45, 2.75) is 53.0 Å². The van der Waals surface area contributed by atoms with E-state index < -0.39 is 0 Å². The highest BCUT2D eigenvalue weighted by molar-refractivity contribution is 5.39. The number of aryl methyl sites for hydroxylation is 3. The van der Waals surface area contributed by atoms with Crippen LogP contribution in [0.5, 0.6) is 0 Å². The van der Waals surface area contributed by atoms with Crippen LogP contribution in [0.2, 0.25) is 0 Å². The third kappa shape index (κ3) is 2.90. The van der Waals surface area contributed by atoms with E-state index in [9.17, 15) is 0 Å². The lowest BCUT2D eigenvalue weighted by atomic mass is 9.93. The van der Waals surface area contributed by atoms with E-state index in [1.165, 1.54) is 41.5 Å². The van der Waals surface area contributed by atoms with Crippen LogP contribution in [0.4, 0.5) is 0 Å². The summed E-state index contributed by atoms with van der Waals surface area (Å²) >= 11 is 0. The van der Waals surface area contributed by atoms with Crippen LogP contribution in [0.1, 0.15) is 54.5 Å². The third-order valence-electron chi connectivity index (χ3n) is 3.93. The van der Waals surface area contributed by atoms with Crippen LogP contribution >= 0.6 is 0 Å². The monoisotopic (exact) mass is 231 g/mol. The molecule has 1 N–H and O–H groups in total. The maximum Gasteiger partial charge on any atom is 0.0351 e. The molecule has 0 bridgehead atoms. The molecule has 0 radical (unpaired) electrons. The predicted molar refractivity (Wildman–Crippen MR) is 74.4 cm³/mol. The predicted octanol–water partition coefficient (Wildman–Crippen LogP) is 4.06. The van der Waals surface area contributed by atoms with Crippen molar-refractivity contribution in [3.8, 4) is 0 Å². The van der Waals surface area contributed by atoms with E-state index >= 15 is 0 Å². The van der Waals surface area contributed by atoms with Crippen molar-refractivity contribution in [2.75, 3.05) is 6.54 Å². The molecular weight excluding hydrogens is 206 g/mol. The largest absolute Gasteiger partial charge is 0.310 e. The highest BCUT2D eigenvalue weighted by Gasteiger charge is 2.32. The van der Waals surface area contributed by atoms with Gasteiger partial charge in [-0.05, 0) is 74.8 Å². The van der Waals surface area contributed by atoms with Crippen LogP contribution in [-0.4, -0.2) is 6.54 Å². The van der Waals surface area contributed by atoms with Gasteiger partial charge >= 0.3 is 0 Å². The summed E-state index contributed by atoms with van der Waals surface area (Å²) in [5, 5.41) is 3.74. The number of hydrogen-bond donors (Lipinski definition) is 1. The molecule has 1 atom stereocenters. The normalized spacial score (nSPS) is 17.2. The van der Waals surface area contributed by atoms with E-state index in [1.54, 1.807) is 0 Å². The quantitative estimate of drug-likeness (QED) is 0.805. The Hall–Kier alpha value is -0.820. The van der Waals surface area contributed by atoms with Gasteiger partial charge in [-0.3, -0.25) is 0 Å². The van der Waals surface area contributed by atoms with Gasteiger partial charge in [0, 0.05) is 6.04 Å². The summed E-state index contributed by atoms with van der Waals surface area (Å²) in [6, 6.07) is 5.33. The Labute approximate surface area is 106 Å². The van der Waals surface area contributed by atoms with Crippen molar-refractivity contribution in [3.05, 3.63) is 34.4 Å². The van der Waals surface area contributed by atoms with Crippen molar-refractivity contribution in [3.63, 3.8) is 0 Å². The lowest BCUT2D eigenvalue weighted by Crippen LogP contribution is -2.24. The first kappa shape index (κ1) is 12.6. The van der Waals surface area contributed by atoms with Gasteiger partial charge in [-0.2, -0.15) is 0 Å². The van der Waals surface area contributed by atoms with E-state index in [2.05, 4.69) is 45.1 Å². The Kier molecular flexibility index (Phi) is 3.88. The second kappa shape index (κ2) is 5.22. The molecule has 0 spiro atoms. The molecule has 0 aliphatic heterocycles. The van der Waals surface area contributed by atoms with E-state index in [0.717, 1.165) is 12.5 Å². The van der Waals surface area contributed by atoms with Crippen LogP contribution in [-0.2, 0) is 0 Å². The minimum Gasteiger partial charge on any atom is -0.310 e. The molecule has 1 aliphatic rings. The number of rotatable bonds is 5. The molecule has 0 heterocycles. The average Bonchev–Trinajstić information content (AvgIpc) is 3.10. The summed E-state index contributed by atoms with van der Waals surface area (Å²) in [6.45, 7) is 10.1. The van der Waals surface area contributed by atoms with E-state index in [1.807, 2.05) is 0 Å². The summed E-state index contributed by atoms with van der Waals surface area (Å²) in [5.74, 6) is 0.877. The van der Waals surface area contributed by atoms with Crippen molar-refractivity contribution >= 4 is 0 Å². The highest BCUT2D eigenvalue weighted by Crippen LogP contribution is 2.42. The summed E-state index contributed by atoms with van der Waals surface area (Å²) in [4.78, 5) is 0. The molecule has 1 heteroatoms. The van der Waals surface area contributed by atoms with Crippen molar-refractivity contribution in [1.82, 2.24) is 5.32 Å². The average molecular weight is 231 g/mol. The topological polar surface area (TPSA) is 12.0 Å². The molecule has 17 heavy (non-hydrogen) atoms. The SMILES string of the molecule is CCCNC(c1cc(C)c(C)cc1C)C1CC1. The molecule has 1 saturated carbocycles. The number of nitrogens with one attached hydrogen (secondary N) is 1. The lowest BCUT2D eigenvalue weighted by Gasteiger charge is -2.22. The molecule has 94 valence electrons. The van der Waals surface area contributed by atoms with Gasteiger partial charge in [0.15, 0.2) is 0 Å². The van der Waals surface area contributed by atoms with E-state index in [-0.39, 0.29) is 0 Å². The molecule has 0 amide bonds. The summed E-state index contributed by atoms with van der Waals surface area (Å²) in [6.07, 6.45) is 4.01. The van der Waals surface area contributed by atoms with Crippen molar-refractivity contribution in [1.29, 1.82) is 0 Å². The van der Waals surface area contributed by atoms with E-state index in [0.29, 0.717) is 6.04 Å². The Balaban J connectivity index is 2.25. The molecule has 1 unspecified atom stereocenters. The molecular formula is C16H25N. The molecule has 1 nitrogen and oxygen atoms in total. The molecule has 1 aromatic carbocycles. The van der Waals surface area contributed by atoms with Crippen LogP contribution < -0.4 is 5.32 Å². The molecule has 0 aromatic heterocycles. The number of benzene rings is 1. The zero-order chi connectivity index (χ0) is 12.4. The van der Waals surface area contributed by atoms with Gasteiger partial charge in [-0.1, -0.05) is 19.1 Å². The molecule has 1 aliphatic carbocycles. The zero-order valence-corrected chi connectivity index (χ0v) is 11.6. The highest BCUT2D eigenvalue weighted by atomic mass is 14.9. The van der Waals surface area contributed by atoms with E-state index in [4.69, 9.17) is 0 Å².